The van der Waals surface area contributed by atoms with Gasteiger partial charge in [-0.05, 0) is 22.0 Å². The summed E-state index contributed by atoms with van der Waals surface area (Å²) in [5.41, 5.74) is 1.53. The lowest BCUT2D eigenvalue weighted by molar-refractivity contribution is -0.389. The molecule has 0 bridgehead atoms. The van der Waals surface area contributed by atoms with Gasteiger partial charge < -0.3 is 15.4 Å². The maximum absolute atomic E-state index is 10.4. The lowest BCUT2D eigenvalue weighted by Gasteiger charge is -2.03. The minimum atomic E-state index is -0.534. The van der Waals surface area contributed by atoms with Gasteiger partial charge in [0.05, 0.1) is 17.9 Å². The molecule has 17 heavy (non-hydrogen) atoms. The van der Waals surface area contributed by atoms with Gasteiger partial charge in [-0.2, -0.15) is 0 Å². The quantitative estimate of drug-likeness (QED) is 0.631. The fourth-order valence-corrected chi connectivity index (χ4v) is 1.21. The van der Waals surface area contributed by atoms with Crippen molar-refractivity contribution in [1.29, 1.82) is 0 Å². The van der Waals surface area contributed by atoms with E-state index in [0.717, 1.165) is 5.69 Å². The summed E-state index contributed by atoms with van der Waals surface area (Å²) in [6.45, 7) is 0.516. The third-order valence-corrected chi connectivity index (χ3v) is 2.05. The van der Waals surface area contributed by atoms with Crippen molar-refractivity contribution in [2.45, 2.75) is 6.54 Å². The van der Waals surface area contributed by atoms with Crippen molar-refractivity contribution < 1.29 is 4.92 Å². The molecule has 1 N–H and O–H groups in total. The Balaban J connectivity index is 1.98. The molecule has 0 atom stereocenters. The standard InChI is InChI=1S/C10H9N5O2/c16-15(17)10-2-1-8(6-13-10)12-5-9-3-4-11-7-14-9/h1-4,6-7,12H,5H2. The summed E-state index contributed by atoms with van der Waals surface area (Å²) >= 11 is 0. The Hall–Kier alpha value is -2.57. The predicted molar refractivity (Wildman–Crippen MR) is 60.3 cm³/mol. The second-order valence-corrected chi connectivity index (χ2v) is 3.22. The second-order valence-electron chi connectivity index (χ2n) is 3.22. The third kappa shape index (κ3) is 2.94. The summed E-state index contributed by atoms with van der Waals surface area (Å²) in [6.07, 6.45) is 4.53. The highest BCUT2D eigenvalue weighted by atomic mass is 16.6. The van der Waals surface area contributed by atoms with E-state index >= 15 is 0 Å². The molecule has 0 saturated carbocycles. The minimum absolute atomic E-state index is 0.169. The summed E-state index contributed by atoms with van der Waals surface area (Å²) in [5, 5.41) is 13.4. The molecule has 7 nitrogen and oxygen atoms in total. The Labute approximate surface area is 96.7 Å². The molecule has 2 heterocycles. The normalized spacial score (nSPS) is 9.88. The SMILES string of the molecule is O=[N+]([O-])c1ccc(NCc2ccncn2)cn1. The maximum Gasteiger partial charge on any atom is 0.363 e. The molecule has 0 unspecified atom stereocenters. The molecule has 0 fully saturated rings. The molecule has 0 aliphatic heterocycles. The Morgan fingerprint density at radius 1 is 1.29 bits per heavy atom. The molecular weight excluding hydrogens is 222 g/mol. The number of nitro groups is 1. The van der Waals surface area contributed by atoms with Crippen LogP contribution in [0.3, 0.4) is 0 Å². The molecule has 86 valence electrons. The first kappa shape index (κ1) is 10.9. The Bertz CT molecular complexity index is 500. The molecule has 2 rings (SSSR count). The van der Waals surface area contributed by atoms with E-state index < -0.39 is 4.92 Å². The zero-order valence-electron chi connectivity index (χ0n) is 8.78. The fraction of sp³-hybridized carbons (Fsp3) is 0.100. The lowest BCUT2D eigenvalue weighted by atomic mass is 10.3. The van der Waals surface area contributed by atoms with Gasteiger partial charge in [0.2, 0.25) is 0 Å². The molecule has 0 aromatic carbocycles. The zero-order valence-corrected chi connectivity index (χ0v) is 8.78. The fourth-order valence-electron chi connectivity index (χ4n) is 1.21. The molecule has 2 aromatic heterocycles. The number of hydrogen-bond acceptors (Lipinski definition) is 6. The van der Waals surface area contributed by atoms with Crippen LogP contribution in [0.25, 0.3) is 0 Å². The van der Waals surface area contributed by atoms with Crippen LogP contribution >= 0.6 is 0 Å². The topological polar surface area (TPSA) is 93.8 Å². The van der Waals surface area contributed by atoms with Gasteiger partial charge in [0, 0.05) is 12.3 Å². The third-order valence-electron chi connectivity index (χ3n) is 2.05. The highest BCUT2D eigenvalue weighted by Gasteiger charge is 2.05. The van der Waals surface area contributed by atoms with Crippen molar-refractivity contribution in [3.8, 4) is 0 Å². The van der Waals surface area contributed by atoms with Gasteiger partial charge in [-0.25, -0.2) is 9.97 Å². The van der Waals surface area contributed by atoms with Crippen LogP contribution in [-0.2, 0) is 6.54 Å². The van der Waals surface area contributed by atoms with Crippen LogP contribution in [-0.4, -0.2) is 19.9 Å². The molecule has 0 aliphatic rings. The van der Waals surface area contributed by atoms with Crippen molar-refractivity contribution in [3.05, 3.63) is 52.7 Å². The second kappa shape index (κ2) is 4.97. The first-order chi connectivity index (χ1) is 8.25. The van der Waals surface area contributed by atoms with Gasteiger partial charge in [0.25, 0.3) is 0 Å². The van der Waals surface area contributed by atoms with Crippen LogP contribution in [0.2, 0.25) is 0 Å². The van der Waals surface area contributed by atoms with Crippen LogP contribution in [0, 0.1) is 10.1 Å². The average Bonchev–Trinajstić information content (AvgIpc) is 2.38. The largest absolute Gasteiger partial charge is 0.376 e. The first-order valence-corrected chi connectivity index (χ1v) is 4.85. The molecule has 0 radical (unpaired) electrons. The van der Waals surface area contributed by atoms with Crippen LogP contribution < -0.4 is 5.32 Å². The van der Waals surface area contributed by atoms with E-state index in [1.165, 1.54) is 18.6 Å². The van der Waals surface area contributed by atoms with Gasteiger partial charge in [-0.3, -0.25) is 0 Å². The summed E-state index contributed by atoms with van der Waals surface area (Å²) in [6, 6.07) is 4.74. The van der Waals surface area contributed by atoms with Gasteiger partial charge >= 0.3 is 5.82 Å². The summed E-state index contributed by atoms with van der Waals surface area (Å²) in [5.74, 6) is -0.169. The molecule has 0 saturated heterocycles. The number of nitrogens with one attached hydrogen (secondary N) is 1. The molecule has 2 aromatic rings. The maximum atomic E-state index is 10.4. The smallest absolute Gasteiger partial charge is 0.363 e. The Morgan fingerprint density at radius 2 is 2.18 bits per heavy atom. The number of hydrogen-bond donors (Lipinski definition) is 1. The van der Waals surface area contributed by atoms with Crippen LogP contribution in [0.5, 0.6) is 0 Å². The van der Waals surface area contributed by atoms with E-state index in [1.807, 2.05) is 0 Å². The van der Waals surface area contributed by atoms with Crippen LogP contribution in [0.1, 0.15) is 5.69 Å². The van der Waals surface area contributed by atoms with Crippen molar-refractivity contribution in [1.82, 2.24) is 15.0 Å². The van der Waals surface area contributed by atoms with E-state index in [2.05, 4.69) is 20.3 Å². The van der Waals surface area contributed by atoms with Crippen LogP contribution in [0.15, 0.2) is 36.9 Å². The highest BCUT2D eigenvalue weighted by Crippen LogP contribution is 2.11. The van der Waals surface area contributed by atoms with Gasteiger partial charge in [0.1, 0.15) is 6.33 Å². The van der Waals surface area contributed by atoms with Gasteiger partial charge in [0.15, 0.2) is 6.20 Å². The predicted octanol–water partition coefficient (Wildman–Crippen LogP) is 1.39. The zero-order chi connectivity index (χ0) is 12.1. The first-order valence-electron chi connectivity index (χ1n) is 4.85. The number of rotatable bonds is 4. The van der Waals surface area contributed by atoms with Crippen LogP contribution in [0.4, 0.5) is 11.5 Å². The van der Waals surface area contributed by atoms with Gasteiger partial charge in [-0.1, -0.05) is 0 Å². The Kier molecular flexibility index (Phi) is 3.20. The summed E-state index contributed by atoms with van der Waals surface area (Å²) < 4.78 is 0. The molecule has 0 aliphatic carbocycles. The van der Waals surface area contributed by atoms with E-state index in [9.17, 15) is 10.1 Å². The van der Waals surface area contributed by atoms with E-state index in [1.54, 1.807) is 18.3 Å². The summed E-state index contributed by atoms with van der Waals surface area (Å²) in [7, 11) is 0. The lowest BCUT2D eigenvalue weighted by Crippen LogP contribution is -2.02. The van der Waals surface area contributed by atoms with E-state index in [0.29, 0.717) is 12.2 Å². The van der Waals surface area contributed by atoms with Crippen molar-refractivity contribution in [2.75, 3.05) is 5.32 Å². The Morgan fingerprint density at radius 3 is 2.76 bits per heavy atom. The molecule has 0 spiro atoms. The van der Waals surface area contributed by atoms with Crippen molar-refractivity contribution in [2.24, 2.45) is 0 Å². The molecule has 0 amide bonds. The number of pyridine rings is 1. The molecule has 7 heteroatoms. The number of anilines is 1. The average molecular weight is 231 g/mol. The number of nitrogens with zero attached hydrogens (tertiary/aromatic N) is 4. The van der Waals surface area contributed by atoms with Crippen molar-refractivity contribution >= 4 is 11.5 Å². The minimum Gasteiger partial charge on any atom is -0.376 e. The number of aromatic nitrogens is 3. The monoisotopic (exact) mass is 231 g/mol. The van der Waals surface area contributed by atoms with E-state index in [4.69, 9.17) is 0 Å². The van der Waals surface area contributed by atoms with Gasteiger partial charge in [-0.15, -0.1) is 0 Å². The summed E-state index contributed by atoms with van der Waals surface area (Å²) in [4.78, 5) is 21.4. The van der Waals surface area contributed by atoms with E-state index in [-0.39, 0.29) is 5.82 Å². The highest BCUT2D eigenvalue weighted by molar-refractivity contribution is 5.43. The van der Waals surface area contributed by atoms with Crippen molar-refractivity contribution in [3.63, 3.8) is 0 Å². The molecular formula is C10H9N5O2.